The normalized spacial score (nSPS) is 27.1. The second kappa shape index (κ2) is 61.9. The monoisotopic (exact) mass is 2040 g/mol. The number of hydrogen-bond acceptors (Lipinski definition) is 10. The van der Waals surface area contributed by atoms with E-state index in [1.54, 1.807) is 6.20 Å². The largest absolute Gasteiger partial charge is 0.384 e. The van der Waals surface area contributed by atoms with Gasteiger partial charge < -0.3 is 40.0 Å². The summed E-state index contributed by atoms with van der Waals surface area (Å²) in [6.07, 6.45) is 63.3. The first kappa shape index (κ1) is 132. The molecule has 5 amide bonds. The fraction of sp³-hybridized carbons (Fsp3) is 0.923. The van der Waals surface area contributed by atoms with Gasteiger partial charge in [-0.25, -0.2) is 4.98 Å². The maximum atomic E-state index is 12.7. The second-order valence-corrected chi connectivity index (χ2v) is 61.7. The van der Waals surface area contributed by atoms with Crippen LogP contribution in [-0.2, 0) is 51.8 Å². The molecular weight excluding hydrogens is 1800 g/mol. The van der Waals surface area contributed by atoms with Crippen LogP contribution in [0.3, 0.4) is 0 Å². The van der Waals surface area contributed by atoms with Gasteiger partial charge in [0.25, 0.3) is 0 Å². The highest BCUT2D eigenvalue weighted by atomic mass is 16.5. The van der Waals surface area contributed by atoms with Crippen LogP contribution < -0.4 is 16.0 Å². The zero-order chi connectivity index (χ0) is 110. The highest BCUT2D eigenvalue weighted by Crippen LogP contribution is 2.51. The summed E-state index contributed by atoms with van der Waals surface area (Å²) in [6, 6.07) is 0. The van der Waals surface area contributed by atoms with Crippen LogP contribution in [0, 0.1) is 154 Å². The summed E-state index contributed by atoms with van der Waals surface area (Å²) in [5.74, 6) is 12.3. The van der Waals surface area contributed by atoms with Gasteiger partial charge in [0.05, 0.1) is 0 Å². The number of likely N-dealkylation sites (tertiary alicyclic amines) is 1. The van der Waals surface area contributed by atoms with Crippen molar-refractivity contribution in [3.05, 3.63) is 18.2 Å². The van der Waals surface area contributed by atoms with Crippen LogP contribution in [0.2, 0.25) is 0 Å². The van der Waals surface area contributed by atoms with Gasteiger partial charge in [-0.3, -0.25) is 33.6 Å². The lowest BCUT2D eigenvalue weighted by Crippen LogP contribution is -2.49. The van der Waals surface area contributed by atoms with E-state index in [0.29, 0.717) is 162 Å². The van der Waals surface area contributed by atoms with Gasteiger partial charge in [-0.2, -0.15) is 0 Å². The number of piperazine rings is 1. The zero-order valence-corrected chi connectivity index (χ0v) is 103. The molecule has 3 N–H and O–H groups in total. The van der Waals surface area contributed by atoms with E-state index in [1.165, 1.54) is 244 Å². The first-order valence-corrected chi connectivity index (χ1v) is 61.2. The van der Waals surface area contributed by atoms with Crippen LogP contribution in [0.4, 0.5) is 0 Å². The van der Waals surface area contributed by atoms with Crippen molar-refractivity contribution >= 4 is 41.1 Å². The van der Waals surface area contributed by atoms with E-state index in [-0.39, 0.29) is 29.1 Å². The SMILES string of the molecule is CC(=O)NCCNC(=O)C1CCCC1CC(C)(C)C.CC(C)(C)CC1(C)CCCC1.CC(C)(C)CC1CCC(C)(C)C1.CC(C)(C)CC1CCCC1C(=O)CC1CCCC1.CC(C)(C)CC1CCCC1C(=O)N1CCCCC1.CCCNC(=O)C1CCCC1CC(C)(C)C.CN1CCN(C(=O)C2CCCC2CC(C)(C)C)CC1.COCC1CCCC1CC(C)(C)C.Cn1ccnc1CCC(=O)C1CCCC1CC(C)(C)C. The molecule has 13 rings (SSSR count). The van der Waals surface area contributed by atoms with Gasteiger partial charge in [0.1, 0.15) is 17.4 Å². The molecule has 0 spiro atoms. The molecule has 15 unspecified atom stereocenters. The third-order valence-electron chi connectivity index (χ3n) is 34.5. The lowest BCUT2D eigenvalue weighted by molar-refractivity contribution is -0.139. The van der Waals surface area contributed by atoms with Crippen LogP contribution in [0.1, 0.15) is 529 Å². The Balaban J connectivity index is 0.000000291. The van der Waals surface area contributed by atoms with Crippen molar-refractivity contribution in [3.8, 4) is 0 Å². The molecule has 146 heavy (non-hydrogen) atoms. The molecule has 850 valence electrons. The van der Waals surface area contributed by atoms with Gasteiger partial charge in [0, 0.05) is 154 Å². The lowest BCUT2D eigenvalue weighted by Gasteiger charge is -2.36. The number of aromatic nitrogens is 2. The van der Waals surface area contributed by atoms with Crippen molar-refractivity contribution in [3.63, 3.8) is 0 Å². The number of methoxy groups -OCH3 is 1. The highest BCUT2D eigenvalue weighted by Gasteiger charge is 2.45. The highest BCUT2D eigenvalue weighted by molar-refractivity contribution is 5.83. The average Bonchev–Trinajstić information content (AvgIpc) is 1.61. The van der Waals surface area contributed by atoms with Gasteiger partial charge in [0.2, 0.25) is 29.5 Å². The number of amides is 5. The van der Waals surface area contributed by atoms with Crippen LogP contribution in [-0.4, -0.2) is 145 Å². The number of nitrogens with zero attached hydrogens (tertiary/aromatic N) is 5. The number of hydrogen-bond donors (Lipinski definition) is 3. The van der Waals surface area contributed by atoms with Crippen molar-refractivity contribution in [1.29, 1.82) is 0 Å². The number of imidazole rings is 1. The van der Waals surface area contributed by atoms with Gasteiger partial charge in [-0.05, 0) is 325 Å². The molecule has 1 aromatic rings. The molecule has 0 aromatic carbocycles. The molecule has 3 heterocycles. The number of nitrogens with one attached hydrogen (secondary N) is 3. The Morgan fingerprint density at radius 2 is 0.719 bits per heavy atom. The number of carbonyl (C=O) groups excluding carboxylic acids is 7. The summed E-state index contributed by atoms with van der Waals surface area (Å²) in [5.41, 5.74) is 4.89. The molecule has 12 fully saturated rings. The lowest BCUT2D eigenvalue weighted by atomic mass is 9.74. The molecule has 1 aromatic heterocycles. The van der Waals surface area contributed by atoms with E-state index < -0.39 is 0 Å². The molecule has 15 atom stereocenters. The topological polar surface area (TPSA) is 192 Å². The third kappa shape index (κ3) is 54.8. The minimum absolute atomic E-state index is 0.0549. The number of piperidine rings is 1. The Morgan fingerprint density at radius 1 is 0.363 bits per heavy atom. The molecule has 10 aliphatic carbocycles. The number of likely N-dealkylation sites (N-methyl/N-ethyl adjacent to an activating group) is 1. The molecule has 0 bridgehead atoms. The number of ketones is 2. The fourth-order valence-electron chi connectivity index (χ4n) is 28.8. The third-order valence-corrected chi connectivity index (χ3v) is 34.5. The Kier molecular flexibility index (Phi) is 56.1. The van der Waals surface area contributed by atoms with Crippen LogP contribution in [0.15, 0.2) is 12.4 Å². The minimum Gasteiger partial charge on any atom is -0.384 e. The molecule has 2 aliphatic heterocycles. The van der Waals surface area contributed by atoms with E-state index in [2.05, 4.69) is 257 Å². The van der Waals surface area contributed by atoms with Crippen molar-refractivity contribution in [2.24, 2.45) is 161 Å². The van der Waals surface area contributed by atoms with Crippen molar-refractivity contribution in [2.75, 3.05) is 79.7 Å². The Hall–Kier alpha value is -4.18. The Labute approximate surface area is 903 Å². The van der Waals surface area contributed by atoms with Crippen molar-refractivity contribution in [1.82, 2.24) is 40.2 Å². The fourth-order valence-corrected chi connectivity index (χ4v) is 28.8. The minimum atomic E-state index is -0.0549. The second-order valence-electron chi connectivity index (χ2n) is 61.7. The molecule has 16 nitrogen and oxygen atoms in total. The predicted octanol–water partition coefficient (Wildman–Crippen LogP) is 32.4. The summed E-state index contributed by atoms with van der Waals surface area (Å²) < 4.78 is 7.28. The number of ether oxygens (including phenoxy) is 1. The maximum absolute atomic E-state index is 12.7. The van der Waals surface area contributed by atoms with Crippen LogP contribution >= 0.6 is 0 Å². The van der Waals surface area contributed by atoms with Gasteiger partial charge >= 0.3 is 0 Å². The first-order chi connectivity index (χ1) is 67.6. The summed E-state index contributed by atoms with van der Waals surface area (Å²) >= 11 is 0. The number of carbonyl (C=O) groups is 7. The quantitative estimate of drug-likeness (QED) is 0.0714. The summed E-state index contributed by atoms with van der Waals surface area (Å²) in [7, 11) is 5.96. The number of Topliss-reactive ketones (excluding diaryl/α,β-unsaturated/α-hetero) is 2. The first-order valence-electron chi connectivity index (χ1n) is 61.2. The molecular formula is C130H242N8O8. The Bertz CT molecular complexity index is 3840. The van der Waals surface area contributed by atoms with Crippen molar-refractivity contribution < 1.29 is 38.3 Å². The van der Waals surface area contributed by atoms with Gasteiger partial charge in [0.15, 0.2) is 0 Å². The maximum Gasteiger partial charge on any atom is 0.226 e. The van der Waals surface area contributed by atoms with Gasteiger partial charge in [-0.15, -0.1) is 0 Å². The van der Waals surface area contributed by atoms with Crippen molar-refractivity contribution in [2.45, 2.75) is 530 Å². The van der Waals surface area contributed by atoms with E-state index in [1.807, 2.05) is 24.9 Å². The number of rotatable bonds is 27. The molecule has 16 heteroatoms. The van der Waals surface area contributed by atoms with Gasteiger partial charge in [-0.1, -0.05) is 305 Å². The van der Waals surface area contributed by atoms with E-state index in [0.717, 1.165) is 146 Å². The average molecular weight is 2050 g/mol. The van der Waals surface area contributed by atoms with E-state index in [4.69, 9.17) is 4.74 Å². The standard InChI is InChI=1S/C17H28N2O.C17H30O.C16H30N2O.C16H29NO.C15H28N2O2.C14H27NO.C12H24O.C12H24.C11H22/c1-17(2,3)12-13-6-5-7-14(13)15(20)8-9-16-18-10-11-19(16)4;1-17(2,3)12-14-9-6-10-15(14)16(18)11-13-7-4-5-8-13;1-16(2,3)12-13-6-5-7-14(13)15(19)18-10-8-17(4)9-11-18;1-16(2,3)12-13-8-7-9-14(13)15(18)17-10-5-4-6-11-17;1-11(18)16-8-9-17-14(19)13-7-5-6-12(13)10-15(2,3)4;1-5-9-15-13(16)12-8-6-7-11(12)10-14(2,3)4;1-12(2,3)8-10-6-5-7-11(10)9-13-4;1-11(2,3)8-10-6-7-12(4,5)9-10;1-10(2,3)9-11(4)7-5-6-8-11/h10-11,13-14H,5-9,12H2,1-4H3;13-15H,4-12H2,1-3H3;13-14H,5-12H2,1-4H3;13-14H,4-12H2,1-3H3;12-13H,5-10H2,1-4H3,(H,16,18)(H,17,19);11-12H,5-10H2,1-4H3,(H,15,16);10-11H,5-9H2,1-4H3;10H,6-9H2,1-5H3;5-9H2,1-4H3. The van der Waals surface area contributed by atoms with E-state index >= 15 is 0 Å². The molecule has 12 aliphatic rings. The summed E-state index contributed by atoms with van der Waals surface area (Å²) in [5, 5.41) is 8.68. The molecule has 10 saturated carbocycles. The predicted molar refractivity (Wildman–Crippen MR) is 620 cm³/mol. The number of aryl methyl sites for hydroxylation is 2. The summed E-state index contributed by atoms with van der Waals surface area (Å²) in [6.45, 7) is 81.9. The Morgan fingerprint density at radius 3 is 1.10 bits per heavy atom. The zero-order valence-electron chi connectivity index (χ0n) is 103. The molecule has 0 radical (unpaired) electrons. The molecule has 2 saturated heterocycles. The summed E-state index contributed by atoms with van der Waals surface area (Å²) in [4.78, 5) is 96.1. The smallest absolute Gasteiger partial charge is 0.226 e. The van der Waals surface area contributed by atoms with Crippen LogP contribution in [0.25, 0.3) is 0 Å². The van der Waals surface area contributed by atoms with Crippen LogP contribution in [0.5, 0.6) is 0 Å². The van der Waals surface area contributed by atoms with E-state index in [9.17, 15) is 33.6 Å².